The molecule has 0 aliphatic carbocycles. The Bertz CT molecular complexity index is 838. The molecule has 1 aromatic carbocycles. The minimum Gasteiger partial charge on any atom is -0.704 e. The van der Waals surface area contributed by atoms with Crippen molar-refractivity contribution in [2.75, 3.05) is 6.54 Å². The van der Waals surface area contributed by atoms with E-state index in [1.807, 2.05) is 74.8 Å². The number of rotatable bonds is 8. The van der Waals surface area contributed by atoms with Crippen molar-refractivity contribution < 1.29 is 14.7 Å². The molecule has 7 nitrogen and oxygen atoms in total. The molecule has 0 saturated carbocycles. The monoisotopic (exact) mass is 539 g/mol. The number of aliphatic hydroxyl groups excluding tert-OH is 1. The number of nitrogens with zero attached hydrogens (tertiary/aromatic N) is 1. The van der Waals surface area contributed by atoms with Crippen LogP contribution in [0.15, 0.2) is 42.6 Å². The van der Waals surface area contributed by atoms with E-state index in [0.717, 1.165) is 22.3 Å². The van der Waals surface area contributed by atoms with Crippen LogP contribution < -0.4 is 8.85 Å². The second-order valence-corrected chi connectivity index (χ2v) is 9.04. The first kappa shape index (κ1) is 25.4. The highest BCUT2D eigenvalue weighted by atomic mass is 127. The third-order valence-corrected chi connectivity index (χ3v) is 6.27. The number of aliphatic hydroxyl groups is 1. The Kier molecular flexibility index (Phi) is 9.08. The lowest BCUT2D eigenvalue weighted by Crippen LogP contribution is -2.52. The van der Waals surface area contributed by atoms with Crippen molar-refractivity contribution in [3.63, 3.8) is 0 Å². The van der Waals surface area contributed by atoms with Gasteiger partial charge in [-0.2, -0.15) is 6.20 Å². The normalized spacial score (nSPS) is 21.1. The minimum absolute atomic E-state index is 0.0603. The van der Waals surface area contributed by atoms with Gasteiger partial charge < -0.3 is 21.1 Å². The van der Waals surface area contributed by atoms with Gasteiger partial charge in [0.2, 0.25) is 11.8 Å². The van der Waals surface area contributed by atoms with Crippen LogP contribution in [0.4, 0.5) is 0 Å². The molecule has 1 heterocycles. The summed E-state index contributed by atoms with van der Waals surface area (Å²) in [6.45, 7) is 11.7. The third-order valence-electron chi connectivity index (χ3n) is 5.60. The van der Waals surface area contributed by atoms with Gasteiger partial charge in [0.05, 0.1) is 18.2 Å². The van der Waals surface area contributed by atoms with Gasteiger partial charge in [0.1, 0.15) is 6.04 Å². The summed E-state index contributed by atoms with van der Waals surface area (Å²) < 4.78 is 2.99. The standard InChI is InChI=1S/C23H32IN4O3/c1-13(2)19(11-25)17-8-6-16(7-9-17)15(5)26-22(30)20-10-18(29)12-28(20)23(31)21(27-24)14(3)4/h6-9,11,14-15,18,20-21,25,27,29H,1,10,12H2,2-5H3,(H,26,30)/q-1/b19-11+/t15-,18+,20-,21-/m0/s1. The number of halogens is 1. The topological polar surface area (TPSA) is 105 Å². The van der Waals surface area contributed by atoms with Crippen molar-refractivity contribution in [2.45, 2.75) is 58.3 Å². The molecule has 1 aliphatic heterocycles. The van der Waals surface area contributed by atoms with E-state index in [1.54, 1.807) is 0 Å². The maximum absolute atomic E-state index is 13.0. The molecule has 1 aromatic rings. The molecule has 0 radical (unpaired) electrons. The van der Waals surface area contributed by atoms with Crippen molar-refractivity contribution >= 4 is 40.3 Å². The molecule has 0 aromatic heterocycles. The number of allylic oxidation sites excluding steroid dienone is 2. The lowest BCUT2D eigenvalue weighted by Gasteiger charge is -2.30. The third kappa shape index (κ3) is 6.08. The van der Waals surface area contributed by atoms with Gasteiger partial charge >= 0.3 is 0 Å². The Hall–Kier alpha value is -1.91. The number of benzene rings is 1. The summed E-state index contributed by atoms with van der Waals surface area (Å²) in [5, 5.41) is 13.1. The maximum Gasteiger partial charge on any atom is 0.243 e. The zero-order valence-electron chi connectivity index (χ0n) is 18.5. The average Bonchev–Trinajstić information content (AvgIpc) is 3.10. The maximum atomic E-state index is 13.0. The van der Waals surface area contributed by atoms with Crippen molar-refractivity contribution in [1.82, 2.24) is 13.7 Å². The quantitative estimate of drug-likeness (QED) is 0.266. The van der Waals surface area contributed by atoms with Crippen LogP contribution in [0.2, 0.25) is 0 Å². The van der Waals surface area contributed by atoms with E-state index < -0.39 is 18.2 Å². The number of hydrogen-bond acceptors (Lipinski definition) is 4. The van der Waals surface area contributed by atoms with Gasteiger partial charge in [0.25, 0.3) is 0 Å². The van der Waals surface area contributed by atoms with E-state index in [2.05, 4.69) is 15.4 Å². The summed E-state index contributed by atoms with van der Waals surface area (Å²) in [7, 11) is 0. The first-order valence-electron chi connectivity index (χ1n) is 10.4. The molecule has 0 unspecified atom stereocenters. The molecule has 170 valence electrons. The number of β-amino-alcohol motifs (C(OH)–C–C–N with tert-alkyl or cyclic N) is 1. The molecular weight excluding hydrogens is 507 g/mol. The first-order valence-corrected chi connectivity index (χ1v) is 11.5. The van der Waals surface area contributed by atoms with Crippen LogP contribution >= 0.6 is 22.9 Å². The van der Waals surface area contributed by atoms with Crippen LogP contribution in [0.1, 0.15) is 51.3 Å². The van der Waals surface area contributed by atoms with Gasteiger partial charge in [-0.05, 0) is 36.5 Å². The minimum atomic E-state index is -0.714. The molecule has 8 heteroatoms. The molecule has 31 heavy (non-hydrogen) atoms. The molecule has 2 amide bonds. The Labute approximate surface area is 198 Å². The molecular formula is C23H32IN4O3-. The van der Waals surface area contributed by atoms with Gasteiger partial charge in [0.15, 0.2) is 0 Å². The van der Waals surface area contributed by atoms with Crippen molar-refractivity contribution in [3.05, 3.63) is 59.5 Å². The smallest absolute Gasteiger partial charge is 0.243 e. The zero-order chi connectivity index (χ0) is 23.3. The van der Waals surface area contributed by atoms with E-state index in [9.17, 15) is 14.7 Å². The van der Waals surface area contributed by atoms with Crippen molar-refractivity contribution in [2.24, 2.45) is 5.92 Å². The Balaban J connectivity index is 2.12. The van der Waals surface area contributed by atoms with Crippen LogP contribution in [0.25, 0.3) is 11.3 Å². The van der Waals surface area contributed by atoms with E-state index in [-0.39, 0.29) is 36.7 Å². The molecule has 1 aliphatic rings. The summed E-state index contributed by atoms with van der Waals surface area (Å²) in [5.74, 6) is -0.385. The average molecular weight is 539 g/mol. The number of carbonyl (C=O) groups excluding carboxylic acids is 2. The number of amides is 2. The number of nitrogens with one attached hydrogen (secondary N) is 3. The first-order chi connectivity index (χ1) is 14.6. The zero-order valence-corrected chi connectivity index (χ0v) is 20.6. The Morgan fingerprint density at radius 1 is 1.29 bits per heavy atom. The van der Waals surface area contributed by atoms with E-state index in [1.165, 1.54) is 11.1 Å². The number of carbonyl (C=O) groups is 2. The fourth-order valence-electron chi connectivity index (χ4n) is 3.74. The number of hydrogen-bond donors (Lipinski definition) is 3. The summed E-state index contributed by atoms with van der Waals surface area (Å²) in [6, 6.07) is 6.24. The highest BCUT2D eigenvalue weighted by molar-refractivity contribution is 14.1. The Morgan fingerprint density at radius 3 is 2.39 bits per heavy atom. The van der Waals surface area contributed by atoms with E-state index in [4.69, 9.17) is 5.73 Å². The van der Waals surface area contributed by atoms with E-state index >= 15 is 0 Å². The second-order valence-electron chi connectivity index (χ2n) is 8.42. The van der Waals surface area contributed by atoms with Crippen LogP contribution in [-0.4, -0.2) is 46.6 Å². The highest BCUT2D eigenvalue weighted by Gasteiger charge is 2.41. The lowest BCUT2D eigenvalue weighted by molar-refractivity contribution is -0.140. The lowest BCUT2D eigenvalue weighted by atomic mass is 9.98. The predicted octanol–water partition coefficient (Wildman–Crippen LogP) is 3.76. The second kappa shape index (κ2) is 11.1. The van der Waals surface area contributed by atoms with Crippen molar-refractivity contribution in [1.29, 1.82) is 0 Å². The van der Waals surface area contributed by atoms with Crippen LogP contribution in [0.3, 0.4) is 0 Å². The largest absolute Gasteiger partial charge is 0.704 e. The fraction of sp³-hybridized carbons (Fsp3) is 0.478. The molecule has 2 rings (SSSR count). The molecule has 1 saturated heterocycles. The molecule has 0 spiro atoms. The summed E-state index contributed by atoms with van der Waals surface area (Å²) >= 11 is 1.96. The fourth-order valence-corrected chi connectivity index (χ4v) is 4.73. The van der Waals surface area contributed by atoms with Gasteiger partial charge in [-0.15, -0.1) is 0 Å². The summed E-state index contributed by atoms with van der Waals surface area (Å²) in [4.78, 5) is 27.4. The van der Waals surface area contributed by atoms with Crippen LogP contribution in [0, 0.1) is 5.92 Å². The SMILES string of the molecule is C=C(C)/C(=C\[NH-])c1ccc([C@H](C)NC(=O)[C@@H]2C[C@@H](O)CN2C(=O)[C@@H](NI)C(C)C)cc1. The highest BCUT2D eigenvalue weighted by Crippen LogP contribution is 2.25. The summed E-state index contributed by atoms with van der Waals surface area (Å²) in [6.07, 6.45) is 0.800. The van der Waals surface area contributed by atoms with Gasteiger partial charge in [0, 0.05) is 35.8 Å². The van der Waals surface area contributed by atoms with Crippen LogP contribution in [-0.2, 0) is 9.59 Å². The van der Waals surface area contributed by atoms with Crippen LogP contribution in [0.5, 0.6) is 0 Å². The molecule has 4 atom stereocenters. The van der Waals surface area contributed by atoms with Gasteiger partial charge in [-0.1, -0.05) is 50.3 Å². The molecule has 4 N–H and O–H groups in total. The van der Waals surface area contributed by atoms with Gasteiger partial charge in [-0.25, -0.2) is 3.53 Å². The predicted molar refractivity (Wildman–Crippen MR) is 132 cm³/mol. The van der Waals surface area contributed by atoms with Crippen molar-refractivity contribution in [3.8, 4) is 0 Å². The molecule has 1 fully saturated rings. The van der Waals surface area contributed by atoms with Gasteiger partial charge in [-0.3, -0.25) is 9.59 Å². The Morgan fingerprint density at radius 2 is 1.90 bits per heavy atom. The van der Waals surface area contributed by atoms with E-state index in [0.29, 0.717) is 0 Å². The summed E-state index contributed by atoms with van der Waals surface area (Å²) in [5.41, 5.74) is 10.9. The molecule has 0 bridgehead atoms. The number of likely N-dealkylation sites (tertiary alicyclic amines) is 1.